The van der Waals surface area contributed by atoms with E-state index in [9.17, 15) is 34.5 Å². The summed E-state index contributed by atoms with van der Waals surface area (Å²) in [6.07, 6.45) is -3.04. The van der Waals surface area contributed by atoms with E-state index in [1.54, 1.807) is 53.2 Å². The third-order valence-electron chi connectivity index (χ3n) is 15.0. The maximum absolute atomic E-state index is 16.3. The van der Waals surface area contributed by atoms with Gasteiger partial charge in [-0.15, -0.1) is 22.7 Å². The summed E-state index contributed by atoms with van der Waals surface area (Å²) in [6, 6.07) is 1.63. The first-order valence-electron chi connectivity index (χ1n) is 29.0. The lowest BCUT2D eigenvalue weighted by atomic mass is 9.71. The number of carboxylic acids is 1. The normalized spacial score (nSPS) is 18.3. The van der Waals surface area contributed by atoms with Gasteiger partial charge in [-0.1, -0.05) is 42.5 Å². The van der Waals surface area contributed by atoms with Crippen molar-refractivity contribution in [2.24, 2.45) is 72.5 Å². The summed E-state index contributed by atoms with van der Waals surface area (Å²) in [7, 11) is 0. The summed E-state index contributed by atoms with van der Waals surface area (Å²) in [5.74, 6) is -16.9. The van der Waals surface area contributed by atoms with E-state index in [1.165, 1.54) is 23.5 Å². The van der Waals surface area contributed by atoms with Gasteiger partial charge in [-0.2, -0.15) is 0 Å². The number of nitrogens with one attached hydrogen (secondary N) is 5. The number of hydrogen-bond acceptors (Lipinski definition) is 21. The van der Waals surface area contributed by atoms with Crippen LogP contribution in [0.5, 0.6) is 0 Å². The molecule has 0 bridgehead atoms. The highest BCUT2D eigenvalue weighted by Gasteiger charge is 2.64. The number of guanidine groups is 3. The molecule has 26 N–H and O–H groups in total. The average molecular weight is 1290 g/mol. The quantitative estimate of drug-likeness (QED) is 0.0111. The smallest absolute Gasteiger partial charge is 0.338 e. The molecule has 2 aliphatic rings. The molecular weight excluding hydrogens is 1210 g/mol. The number of ketones is 2. The number of aliphatic hydroxyl groups excluding tert-OH is 2. The summed E-state index contributed by atoms with van der Waals surface area (Å²) in [6.45, 7) is -3.31. The molecule has 4 heterocycles. The Bertz CT molecular complexity index is 3040. The fourth-order valence-corrected chi connectivity index (χ4v) is 12.1. The van der Waals surface area contributed by atoms with E-state index in [-0.39, 0.29) is 99.9 Å². The number of nitrogens with zero attached hydrogens (tertiary/aromatic N) is 5. The van der Waals surface area contributed by atoms with Crippen LogP contribution in [0.3, 0.4) is 0 Å². The van der Waals surface area contributed by atoms with Crippen LogP contribution >= 0.6 is 22.7 Å². The molecule has 90 heavy (non-hydrogen) atoms. The second-order valence-corrected chi connectivity index (χ2v) is 23.7. The number of rotatable bonds is 36. The molecule has 0 saturated carbocycles. The number of aliphatic imine (C=N–C) groups is 3. The third kappa shape index (κ3) is 20.3. The predicted octanol–water partition coefficient (Wildman–Crippen LogP) is -6.20. The maximum Gasteiger partial charge on any atom is 0.338 e. The highest BCUT2D eigenvalue weighted by Crippen LogP contribution is 2.37. The van der Waals surface area contributed by atoms with E-state index < -0.39 is 170 Å². The number of β-amino-alcohol motifs (C(OH)–C–C–N with tert-alkyl or cyclic N) is 1. The summed E-state index contributed by atoms with van der Waals surface area (Å²) < 4.78 is 0. The number of aliphatic hydroxyl groups is 2. The van der Waals surface area contributed by atoms with Crippen molar-refractivity contribution in [3.63, 3.8) is 0 Å². The van der Waals surface area contributed by atoms with Gasteiger partial charge in [0.15, 0.2) is 29.4 Å². The lowest BCUT2D eigenvalue weighted by Crippen LogP contribution is -2.75. The fourth-order valence-electron chi connectivity index (χ4n) is 10.6. The Morgan fingerprint density at radius 1 is 0.678 bits per heavy atom. The molecule has 5 rings (SSSR count). The number of carbonyl (C=O) groups is 10. The van der Waals surface area contributed by atoms with Gasteiger partial charge in [-0.3, -0.25) is 63.0 Å². The number of imide groups is 1. The van der Waals surface area contributed by atoms with Gasteiger partial charge < -0.3 is 98.4 Å². The van der Waals surface area contributed by atoms with Crippen molar-refractivity contribution in [2.45, 2.75) is 131 Å². The number of amides is 7. The van der Waals surface area contributed by atoms with Crippen molar-refractivity contribution >= 4 is 99.4 Å². The van der Waals surface area contributed by atoms with E-state index in [0.717, 1.165) is 16.2 Å². The van der Waals surface area contributed by atoms with E-state index in [2.05, 4.69) is 41.6 Å². The minimum atomic E-state index is -3.84. The number of aliphatic carboxylic acids is 1. The molecule has 11 atom stereocenters. The number of thiophene rings is 2. The standard InChI is InChI=1S/C56H83N19O13S2/c57-35(13-4-17-66-53(60)61)45(80)71-38(14-5-18-67-54(62)63)50(85)74-20-6-15-42(74)44(79)34(16-19-68-55(64)65)56(52(87)88,43(78)28-70-47(82)39-24-31(77)27-69-39)75(49(84)37(59)26-33-12-8-22-90-33)51(86)40(23-30-9-2-1-3-10-30)72-48(83)41(29-76)73-46(81)36(58)25-32-11-7-21-89-32/h1-3,7-12,21-22,31,34-42,69,76-77H,4-6,13-20,23-29,57-59H2,(H,70,82)(H,71,80)(H,72,83)(H,73,81)(H,87,88)(H4,60,61,66)(H4,62,63,67)(H4,64,65,68)/t31-,34?,35-,36+,37+,38+,39+,40-,41+,42+,56-/m1/s1. The molecule has 0 aliphatic carbocycles. The Hall–Kier alpha value is -8.51. The topological polar surface area (TPSA) is 569 Å². The van der Waals surface area contributed by atoms with Crippen LogP contribution in [0.2, 0.25) is 0 Å². The van der Waals surface area contributed by atoms with Crippen LogP contribution in [0.25, 0.3) is 0 Å². The number of carbonyl (C=O) groups excluding carboxylic acids is 9. The van der Waals surface area contributed by atoms with Crippen molar-refractivity contribution in [1.29, 1.82) is 0 Å². The van der Waals surface area contributed by atoms with Gasteiger partial charge in [-0.05, 0) is 79.8 Å². The number of Topliss-reactive ketones (excluding diaryl/α,β-unsaturated/α-hetero) is 2. The second-order valence-electron chi connectivity index (χ2n) is 21.7. The van der Waals surface area contributed by atoms with Crippen molar-refractivity contribution in [2.75, 3.05) is 45.9 Å². The van der Waals surface area contributed by atoms with Gasteiger partial charge in [0, 0.05) is 61.7 Å². The number of benzene rings is 1. The zero-order chi connectivity index (χ0) is 66.2. The molecule has 34 heteroatoms. The summed E-state index contributed by atoms with van der Waals surface area (Å²) in [5, 5.41) is 49.1. The first kappa shape index (κ1) is 72.2. The Kier molecular flexibility index (Phi) is 28.1. The van der Waals surface area contributed by atoms with Crippen LogP contribution in [0.15, 0.2) is 80.3 Å². The van der Waals surface area contributed by atoms with Crippen molar-refractivity contribution < 1.29 is 63.3 Å². The second kappa shape index (κ2) is 35.0. The monoisotopic (exact) mass is 1290 g/mol. The molecule has 3 aromatic rings. The van der Waals surface area contributed by atoms with Gasteiger partial charge in [0.05, 0.1) is 55.4 Å². The third-order valence-corrected chi connectivity index (χ3v) is 16.8. The first-order chi connectivity index (χ1) is 42.8. The Morgan fingerprint density at radius 2 is 1.24 bits per heavy atom. The van der Waals surface area contributed by atoms with E-state index in [4.69, 9.17) is 51.6 Å². The predicted molar refractivity (Wildman–Crippen MR) is 334 cm³/mol. The molecule has 1 aromatic carbocycles. The molecule has 32 nitrogen and oxygen atoms in total. The van der Waals surface area contributed by atoms with Gasteiger partial charge in [0.1, 0.15) is 18.1 Å². The number of hydrogen-bond donors (Lipinski definition) is 17. The van der Waals surface area contributed by atoms with Crippen LogP contribution < -0.4 is 78.2 Å². The lowest BCUT2D eigenvalue weighted by molar-refractivity contribution is -0.178. The van der Waals surface area contributed by atoms with Crippen LogP contribution in [0, 0.1) is 5.92 Å². The van der Waals surface area contributed by atoms with Crippen LogP contribution in [0.1, 0.15) is 66.7 Å². The molecule has 2 fully saturated rings. The zero-order valence-corrected chi connectivity index (χ0v) is 51.2. The fraction of sp³-hybridized carbons (Fsp3) is 0.518. The largest absolute Gasteiger partial charge is 0.479 e. The van der Waals surface area contributed by atoms with Gasteiger partial charge >= 0.3 is 5.97 Å². The Balaban J connectivity index is 1.74. The summed E-state index contributed by atoms with van der Waals surface area (Å²) in [4.78, 5) is 164. The van der Waals surface area contributed by atoms with Crippen molar-refractivity contribution in [1.82, 2.24) is 36.4 Å². The van der Waals surface area contributed by atoms with Crippen molar-refractivity contribution in [3.05, 3.63) is 80.7 Å². The molecule has 0 radical (unpaired) electrons. The maximum atomic E-state index is 16.3. The minimum Gasteiger partial charge on any atom is -0.479 e. The van der Waals surface area contributed by atoms with Gasteiger partial charge in [0.25, 0.3) is 5.91 Å². The van der Waals surface area contributed by atoms with Crippen molar-refractivity contribution in [3.8, 4) is 0 Å². The SMILES string of the molecule is NC(N)=NCCC[C@@H](N)C(=O)N[C@@H](CCCN=C(N)N)C(=O)N1CCC[C@H]1C(=O)C(CCN=C(N)N)[C@](C(=O)O)(C(=O)CNC(=O)[C@@H]1C[C@@H](O)CN1)N(C(=O)[C@@H](N)Cc1cccs1)C(=O)[C@@H](Cc1ccccc1)NC(=O)[C@H](CO)NC(=O)[C@@H](N)Cc1cccs1. The molecule has 2 aromatic heterocycles. The van der Waals surface area contributed by atoms with Crippen LogP contribution in [-0.2, 0) is 67.2 Å². The minimum absolute atomic E-state index is 0.00249. The number of likely N-dealkylation sites (tertiary alicyclic amines) is 1. The van der Waals surface area contributed by atoms with Crippen LogP contribution in [-0.4, -0.2) is 208 Å². The van der Waals surface area contributed by atoms with Gasteiger partial charge in [0.2, 0.25) is 41.0 Å². The molecule has 2 aliphatic heterocycles. The van der Waals surface area contributed by atoms with Crippen LogP contribution in [0.4, 0.5) is 0 Å². The lowest BCUT2D eigenvalue weighted by Gasteiger charge is -2.45. The van der Waals surface area contributed by atoms with Gasteiger partial charge in [-0.25, -0.2) is 4.79 Å². The summed E-state index contributed by atoms with van der Waals surface area (Å²) >= 11 is 2.43. The zero-order valence-electron chi connectivity index (χ0n) is 49.5. The molecule has 2 saturated heterocycles. The average Bonchev–Trinajstić information content (AvgIpc) is 1.70. The summed E-state index contributed by atoms with van der Waals surface area (Å²) in [5.41, 5.74) is 49.2. The Morgan fingerprint density at radius 3 is 1.80 bits per heavy atom. The highest BCUT2D eigenvalue weighted by atomic mass is 32.1. The molecule has 1 unspecified atom stereocenters. The van der Waals surface area contributed by atoms with E-state index >= 15 is 28.8 Å². The first-order valence-corrected chi connectivity index (χ1v) is 30.8. The molecule has 7 amide bonds. The number of carboxylic acid groups (broad SMARTS) is 1. The van der Waals surface area contributed by atoms with E-state index in [0.29, 0.717) is 9.75 Å². The number of nitrogens with two attached hydrogens (primary N) is 9. The Labute approximate surface area is 526 Å². The molecule has 492 valence electrons. The molecule has 0 spiro atoms. The highest BCUT2D eigenvalue weighted by molar-refractivity contribution is 7.10. The molecular formula is C56H83N19O13S2. The van der Waals surface area contributed by atoms with E-state index in [1.807, 2.05) is 0 Å².